The van der Waals surface area contributed by atoms with Gasteiger partial charge in [0.25, 0.3) is 0 Å². The summed E-state index contributed by atoms with van der Waals surface area (Å²) in [5.41, 5.74) is 1.91. The predicted octanol–water partition coefficient (Wildman–Crippen LogP) is 3.96. The summed E-state index contributed by atoms with van der Waals surface area (Å²) in [6, 6.07) is 5.93. The molecule has 0 unspecified atom stereocenters. The Hall–Kier alpha value is -0.600. The molecule has 2 aromatic rings. The number of benzene rings is 1. The maximum Gasteiger partial charge on any atom is 0.0902 e. The van der Waals surface area contributed by atoms with Crippen molar-refractivity contribution >= 4 is 38.4 Å². The Morgan fingerprint density at radius 1 is 1.31 bits per heavy atom. The van der Waals surface area contributed by atoms with Gasteiger partial charge in [0.2, 0.25) is 0 Å². The quantitative estimate of drug-likeness (QED) is 0.695. The van der Waals surface area contributed by atoms with E-state index in [-0.39, 0.29) is 0 Å². The van der Waals surface area contributed by atoms with Crippen LogP contribution in [0.3, 0.4) is 0 Å². The Balaban J connectivity index is 2.94. The highest BCUT2D eigenvalue weighted by atomic mass is 79.9. The van der Waals surface area contributed by atoms with Crippen molar-refractivity contribution in [3.8, 4) is 0 Å². The van der Waals surface area contributed by atoms with Crippen LogP contribution in [0.15, 0.2) is 28.9 Å². The Labute approximate surface area is 89.9 Å². The van der Waals surface area contributed by atoms with E-state index in [1.54, 1.807) is 6.20 Å². The molecule has 1 aromatic carbocycles. The molecular weight excluding hydrogens is 249 g/mol. The lowest BCUT2D eigenvalue weighted by atomic mass is 10.1. The molecule has 13 heavy (non-hydrogen) atoms. The molecule has 0 atom stereocenters. The van der Waals surface area contributed by atoms with E-state index in [9.17, 15) is 0 Å². The first kappa shape index (κ1) is 8.97. The summed E-state index contributed by atoms with van der Waals surface area (Å²) in [6.45, 7) is 1.98. The van der Waals surface area contributed by atoms with Crippen LogP contribution in [0.1, 0.15) is 5.56 Å². The average molecular weight is 257 g/mol. The summed E-state index contributed by atoms with van der Waals surface area (Å²) < 4.78 is 1.03. The van der Waals surface area contributed by atoms with Gasteiger partial charge in [0.15, 0.2) is 0 Å². The first-order valence-electron chi connectivity index (χ1n) is 3.89. The van der Waals surface area contributed by atoms with Crippen molar-refractivity contribution in [3.05, 3.63) is 39.5 Å². The van der Waals surface area contributed by atoms with E-state index in [0.29, 0.717) is 0 Å². The van der Waals surface area contributed by atoms with Crippen LogP contribution in [0, 0.1) is 6.92 Å². The summed E-state index contributed by atoms with van der Waals surface area (Å²) in [4.78, 5) is 4.24. The molecule has 0 saturated carbocycles. The Morgan fingerprint density at radius 3 is 2.85 bits per heavy atom. The number of aryl methyl sites for hydroxylation is 1. The minimum Gasteiger partial charge on any atom is -0.255 e. The normalized spacial score (nSPS) is 10.7. The zero-order valence-corrected chi connectivity index (χ0v) is 9.35. The summed E-state index contributed by atoms with van der Waals surface area (Å²) >= 11 is 9.57. The summed E-state index contributed by atoms with van der Waals surface area (Å²) in [6.07, 6.45) is 1.75. The Morgan fingerprint density at radius 2 is 2.08 bits per heavy atom. The van der Waals surface area contributed by atoms with Crippen LogP contribution in [0.4, 0.5) is 0 Å². The second-order valence-electron chi connectivity index (χ2n) is 2.89. The van der Waals surface area contributed by atoms with E-state index in [0.717, 1.165) is 26.0 Å². The topological polar surface area (TPSA) is 12.9 Å². The van der Waals surface area contributed by atoms with Crippen LogP contribution in [-0.4, -0.2) is 4.98 Å². The highest BCUT2D eigenvalue weighted by Gasteiger charge is 2.04. The second kappa shape index (κ2) is 3.28. The molecule has 0 fully saturated rings. The maximum atomic E-state index is 6.11. The zero-order chi connectivity index (χ0) is 9.42. The fourth-order valence-corrected chi connectivity index (χ4v) is 1.90. The van der Waals surface area contributed by atoms with Crippen molar-refractivity contribution in [1.29, 1.82) is 0 Å². The smallest absolute Gasteiger partial charge is 0.0902 e. The Bertz CT molecular complexity index is 468. The van der Waals surface area contributed by atoms with E-state index < -0.39 is 0 Å². The summed E-state index contributed by atoms with van der Waals surface area (Å²) in [7, 11) is 0. The third-order valence-electron chi connectivity index (χ3n) is 1.99. The van der Waals surface area contributed by atoms with Gasteiger partial charge in [-0.15, -0.1) is 0 Å². The van der Waals surface area contributed by atoms with Crippen LogP contribution in [0.2, 0.25) is 5.02 Å². The number of halogens is 2. The average Bonchev–Trinajstić information content (AvgIpc) is 2.12. The molecule has 1 heterocycles. The van der Waals surface area contributed by atoms with Crippen molar-refractivity contribution in [3.63, 3.8) is 0 Å². The van der Waals surface area contributed by atoms with Gasteiger partial charge >= 0.3 is 0 Å². The molecule has 0 bridgehead atoms. The highest BCUT2D eigenvalue weighted by Crippen LogP contribution is 2.29. The molecule has 3 heteroatoms. The van der Waals surface area contributed by atoms with Crippen molar-refractivity contribution in [2.75, 3.05) is 0 Å². The lowest BCUT2D eigenvalue weighted by Gasteiger charge is -2.03. The first-order chi connectivity index (χ1) is 6.20. The molecule has 1 aromatic heterocycles. The number of aromatic nitrogens is 1. The Kier molecular flexibility index (Phi) is 2.26. The number of hydrogen-bond donors (Lipinski definition) is 0. The van der Waals surface area contributed by atoms with Crippen molar-refractivity contribution in [2.24, 2.45) is 0 Å². The van der Waals surface area contributed by atoms with Gasteiger partial charge in [-0.05, 0) is 18.6 Å². The second-order valence-corrected chi connectivity index (χ2v) is 4.12. The number of fused-ring (bicyclic) bond motifs is 1. The number of hydrogen-bond acceptors (Lipinski definition) is 1. The number of nitrogens with zero attached hydrogens (tertiary/aromatic N) is 1. The molecule has 66 valence electrons. The van der Waals surface area contributed by atoms with Gasteiger partial charge in [0, 0.05) is 16.1 Å². The van der Waals surface area contributed by atoms with Gasteiger partial charge < -0.3 is 0 Å². The SMILES string of the molecule is Cc1ccc2c(Br)ccnc2c1Cl. The summed E-state index contributed by atoms with van der Waals surface area (Å²) in [5.74, 6) is 0. The fourth-order valence-electron chi connectivity index (χ4n) is 1.25. The predicted molar refractivity (Wildman–Crippen MR) is 59.2 cm³/mol. The van der Waals surface area contributed by atoms with E-state index in [4.69, 9.17) is 11.6 Å². The van der Waals surface area contributed by atoms with Gasteiger partial charge in [0.1, 0.15) is 0 Å². The lowest BCUT2D eigenvalue weighted by Crippen LogP contribution is -1.83. The summed E-state index contributed by atoms with van der Waals surface area (Å²) in [5, 5.41) is 1.79. The maximum absolute atomic E-state index is 6.11. The third-order valence-corrected chi connectivity index (χ3v) is 3.16. The van der Waals surface area contributed by atoms with E-state index >= 15 is 0 Å². The molecule has 2 rings (SSSR count). The van der Waals surface area contributed by atoms with E-state index in [1.807, 2.05) is 25.1 Å². The molecule has 1 nitrogen and oxygen atoms in total. The largest absolute Gasteiger partial charge is 0.255 e. The fraction of sp³-hybridized carbons (Fsp3) is 0.100. The third kappa shape index (κ3) is 1.45. The molecule has 0 amide bonds. The molecule has 0 aliphatic rings. The van der Waals surface area contributed by atoms with Crippen LogP contribution < -0.4 is 0 Å². The monoisotopic (exact) mass is 255 g/mol. The van der Waals surface area contributed by atoms with Crippen LogP contribution in [0.5, 0.6) is 0 Å². The molecular formula is C10H7BrClN. The van der Waals surface area contributed by atoms with Gasteiger partial charge in [-0.2, -0.15) is 0 Å². The molecule has 0 saturated heterocycles. The zero-order valence-electron chi connectivity index (χ0n) is 7.01. The molecule has 0 aliphatic heterocycles. The standard InChI is InChI=1S/C10H7BrClN/c1-6-2-3-7-8(11)4-5-13-10(7)9(6)12/h2-5H,1H3. The minimum absolute atomic E-state index is 0.735. The van der Waals surface area contributed by atoms with Crippen LogP contribution in [0.25, 0.3) is 10.9 Å². The van der Waals surface area contributed by atoms with Gasteiger partial charge in [-0.1, -0.05) is 39.7 Å². The van der Waals surface area contributed by atoms with Crippen LogP contribution in [-0.2, 0) is 0 Å². The van der Waals surface area contributed by atoms with Crippen molar-refractivity contribution < 1.29 is 0 Å². The molecule has 0 spiro atoms. The molecule has 0 N–H and O–H groups in total. The van der Waals surface area contributed by atoms with E-state index in [2.05, 4.69) is 20.9 Å². The molecule has 0 radical (unpaired) electrons. The minimum atomic E-state index is 0.735. The van der Waals surface area contributed by atoms with Crippen LogP contribution >= 0.6 is 27.5 Å². The highest BCUT2D eigenvalue weighted by molar-refractivity contribution is 9.10. The van der Waals surface area contributed by atoms with Crippen molar-refractivity contribution in [1.82, 2.24) is 4.98 Å². The molecule has 0 aliphatic carbocycles. The lowest BCUT2D eigenvalue weighted by molar-refractivity contribution is 1.38. The van der Waals surface area contributed by atoms with Crippen molar-refractivity contribution in [2.45, 2.75) is 6.92 Å². The number of rotatable bonds is 0. The van der Waals surface area contributed by atoms with Gasteiger partial charge in [-0.25, -0.2) is 0 Å². The van der Waals surface area contributed by atoms with Gasteiger partial charge in [0.05, 0.1) is 10.5 Å². The van der Waals surface area contributed by atoms with E-state index in [1.165, 1.54) is 0 Å². The van der Waals surface area contributed by atoms with Gasteiger partial charge in [-0.3, -0.25) is 4.98 Å². The number of pyridine rings is 1. The first-order valence-corrected chi connectivity index (χ1v) is 5.06.